The summed E-state index contributed by atoms with van der Waals surface area (Å²) < 4.78 is 33.5. The van der Waals surface area contributed by atoms with E-state index >= 15 is 0 Å². The fraction of sp³-hybridized carbons (Fsp3) is 0.660. The van der Waals surface area contributed by atoms with Crippen molar-refractivity contribution in [1.82, 2.24) is 0 Å². The van der Waals surface area contributed by atoms with Crippen molar-refractivity contribution in [2.24, 2.45) is 0 Å². The van der Waals surface area contributed by atoms with E-state index in [4.69, 9.17) is 18.5 Å². The summed E-state index contributed by atoms with van der Waals surface area (Å²) in [4.78, 5) is 35.8. The second kappa shape index (κ2) is 41.3. The normalized spacial score (nSPS) is 22.6. The smallest absolute Gasteiger partial charge is 0.462 e. The highest BCUT2D eigenvalue weighted by molar-refractivity contribution is 7.47. The van der Waals surface area contributed by atoms with Crippen molar-refractivity contribution in [2.45, 2.75) is 210 Å². The summed E-state index contributed by atoms with van der Waals surface area (Å²) >= 11 is 0. The standard InChI is InChI=1S/C53H87O15P/c1-3-5-7-8-9-10-11-12-13-14-15-16-17-18-19-20-24-27-33-40-47(57)67-45(42-66-69(63,64)68-53-51(61)49(59)48(58)50(60)52(53)62)41-65-46(56)39-34-28-32-38-44(55)37-31-26-23-21-22-25-30-36-43(54)35-29-6-4-2/h6,9-10,12-13,22-23,25-26,29-32,36-38,43-45,48-55,58-62H,3-5,7-8,11,14-21,24,27-28,33-35,39-42H2,1-2H3,(H,63,64)/b10-9-,13-12-,25-22-,26-23-,29-6-,36-30+,37-31+,38-32-/t43-,44-,45-,48?,49-,50+,51-,52-,53?/m1/s1. The van der Waals surface area contributed by atoms with Crippen LogP contribution in [0.1, 0.15) is 155 Å². The third-order valence-corrected chi connectivity index (χ3v) is 12.1. The molecule has 0 heterocycles. The number of unbranched alkanes of at least 4 members (excludes halogenated alkanes) is 13. The van der Waals surface area contributed by atoms with Crippen LogP contribution >= 0.6 is 7.82 Å². The van der Waals surface area contributed by atoms with Crippen LogP contribution in [-0.4, -0.2) is 121 Å². The van der Waals surface area contributed by atoms with Gasteiger partial charge in [0.25, 0.3) is 0 Å². The number of carbonyl (C=O) groups excluding carboxylic acids is 2. The van der Waals surface area contributed by atoms with Gasteiger partial charge in [0.15, 0.2) is 6.10 Å². The number of aliphatic hydroxyl groups excluding tert-OH is 7. The van der Waals surface area contributed by atoms with E-state index in [1.165, 1.54) is 44.9 Å². The number of rotatable bonds is 40. The first-order valence-electron chi connectivity index (χ1n) is 25.3. The monoisotopic (exact) mass is 995 g/mol. The lowest BCUT2D eigenvalue weighted by molar-refractivity contribution is -0.220. The van der Waals surface area contributed by atoms with Gasteiger partial charge in [-0.3, -0.25) is 18.6 Å². The van der Waals surface area contributed by atoms with Gasteiger partial charge in [0.2, 0.25) is 0 Å². The predicted octanol–water partition coefficient (Wildman–Crippen LogP) is 8.56. The minimum absolute atomic E-state index is 0.0254. The van der Waals surface area contributed by atoms with Crippen LogP contribution in [-0.2, 0) is 32.7 Å². The Morgan fingerprint density at radius 1 is 0.551 bits per heavy atom. The fourth-order valence-electron chi connectivity index (χ4n) is 7.00. The summed E-state index contributed by atoms with van der Waals surface area (Å²) in [7, 11) is -5.18. The van der Waals surface area contributed by atoms with Gasteiger partial charge in [0, 0.05) is 12.8 Å². The molecule has 3 unspecified atom stereocenters. The van der Waals surface area contributed by atoms with Gasteiger partial charge in [-0.25, -0.2) is 4.57 Å². The first-order chi connectivity index (χ1) is 33.2. The summed E-state index contributed by atoms with van der Waals surface area (Å²) in [6.07, 6.45) is 35.1. The number of phosphoric acid groups is 1. The van der Waals surface area contributed by atoms with Gasteiger partial charge in [-0.15, -0.1) is 0 Å². The molecule has 394 valence electrons. The highest BCUT2D eigenvalue weighted by atomic mass is 31.2. The van der Waals surface area contributed by atoms with Crippen molar-refractivity contribution < 1.29 is 73.3 Å². The Morgan fingerprint density at radius 3 is 1.71 bits per heavy atom. The van der Waals surface area contributed by atoms with Crippen LogP contribution < -0.4 is 0 Å². The number of carbonyl (C=O) groups is 2. The fourth-order valence-corrected chi connectivity index (χ4v) is 7.97. The molecule has 69 heavy (non-hydrogen) atoms. The van der Waals surface area contributed by atoms with E-state index in [1.54, 1.807) is 36.5 Å². The zero-order chi connectivity index (χ0) is 51.0. The number of allylic oxidation sites excluding steroid dienone is 12. The highest BCUT2D eigenvalue weighted by Crippen LogP contribution is 2.47. The lowest BCUT2D eigenvalue weighted by Gasteiger charge is -2.41. The highest BCUT2D eigenvalue weighted by Gasteiger charge is 2.51. The van der Waals surface area contributed by atoms with Crippen molar-refractivity contribution in [2.75, 3.05) is 13.2 Å². The van der Waals surface area contributed by atoms with Gasteiger partial charge in [0.05, 0.1) is 18.8 Å². The van der Waals surface area contributed by atoms with Crippen LogP contribution in [0.15, 0.2) is 97.2 Å². The number of hydrogen-bond donors (Lipinski definition) is 8. The van der Waals surface area contributed by atoms with Crippen LogP contribution in [0, 0.1) is 0 Å². The quantitative estimate of drug-likeness (QED) is 0.00942. The number of hydrogen-bond acceptors (Lipinski definition) is 14. The largest absolute Gasteiger partial charge is 0.472 e. The number of aliphatic hydroxyl groups is 7. The molecule has 0 saturated heterocycles. The van der Waals surface area contributed by atoms with E-state index in [0.717, 1.165) is 51.4 Å². The first kappa shape index (κ1) is 63.7. The maximum Gasteiger partial charge on any atom is 0.472 e. The molecular formula is C53H87O15P. The average molecular weight is 995 g/mol. The average Bonchev–Trinajstić information content (AvgIpc) is 3.32. The molecule has 16 heteroatoms. The lowest BCUT2D eigenvalue weighted by atomic mass is 9.85. The molecule has 0 aliphatic heterocycles. The minimum atomic E-state index is -5.18. The molecule has 1 aliphatic carbocycles. The van der Waals surface area contributed by atoms with Gasteiger partial charge >= 0.3 is 19.8 Å². The second-order valence-electron chi connectivity index (χ2n) is 17.3. The molecule has 1 fully saturated rings. The molecule has 1 rings (SSSR count). The molecular weight excluding hydrogens is 908 g/mol. The van der Waals surface area contributed by atoms with E-state index < -0.39 is 87.9 Å². The van der Waals surface area contributed by atoms with Crippen LogP contribution in [0.25, 0.3) is 0 Å². The summed E-state index contributed by atoms with van der Waals surface area (Å²) in [5, 5.41) is 70.3. The molecule has 0 spiro atoms. The van der Waals surface area contributed by atoms with Crippen molar-refractivity contribution in [1.29, 1.82) is 0 Å². The molecule has 0 aromatic heterocycles. The summed E-state index contributed by atoms with van der Waals surface area (Å²) in [5.74, 6) is -1.30. The van der Waals surface area contributed by atoms with E-state index in [0.29, 0.717) is 32.1 Å². The van der Waals surface area contributed by atoms with E-state index in [2.05, 4.69) is 31.2 Å². The number of phosphoric ester groups is 1. The van der Waals surface area contributed by atoms with Gasteiger partial charge in [0.1, 0.15) is 43.2 Å². The van der Waals surface area contributed by atoms with Crippen LogP contribution in [0.5, 0.6) is 0 Å². The van der Waals surface area contributed by atoms with E-state index in [9.17, 15) is 54.8 Å². The zero-order valence-corrected chi connectivity index (χ0v) is 42.2. The molecule has 0 radical (unpaired) electrons. The molecule has 1 saturated carbocycles. The molecule has 1 aliphatic rings. The van der Waals surface area contributed by atoms with Gasteiger partial charge < -0.3 is 50.1 Å². The van der Waals surface area contributed by atoms with Crippen molar-refractivity contribution in [3.63, 3.8) is 0 Å². The van der Waals surface area contributed by atoms with Crippen LogP contribution in [0.4, 0.5) is 0 Å². The van der Waals surface area contributed by atoms with Gasteiger partial charge in [-0.2, -0.15) is 0 Å². The van der Waals surface area contributed by atoms with Crippen molar-refractivity contribution in [3.8, 4) is 0 Å². The van der Waals surface area contributed by atoms with Crippen LogP contribution in [0.3, 0.4) is 0 Å². The Morgan fingerprint density at radius 2 is 1.09 bits per heavy atom. The summed E-state index contributed by atoms with van der Waals surface area (Å²) in [6, 6.07) is 0. The SMILES string of the molecule is CC/C=C\C[C@@H](O)/C=C/C=C\C/C=C\C=C\[C@@H](O)/C=C\CCCC(=O)OC[C@H](COP(=O)(O)OC1[C@H](O)[C@H](O)C(O)[C@H](O)[C@H]1O)OC(=O)CCCCCCCCCCC/C=C\C/C=C\CCCCC. The Labute approximate surface area is 412 Å². The molecule has 0 aromatic carbocycles. The zero-order valence-electron chi connectivity index (χ0n) is 41.3. The number of ether oxygens (including phenoxy) is 2. The molecule has 10 atom stereocenters. The van der Waals surface area contributed by atoms with Crippen LogP contribution in [0.2, 0.25) is 0 Å². The van der Waals surface area contributed by atoms with E-state index in [-0.39, 0.29) is 12.8 Å². The summed E-state index contributed by atoms with van der Waals surface area (Å²) in [5.41, 5.74) is 0. The van der Waals surface area contributed by atoms with Crippen molar-refractivity contribution in [3.05, 3.63) is 97.2 Å². The maximum atomic E-state index is 12.9. The molecule has 0 amide bonds. The number of esters is 2. The molecule has 0 bridgehead atoms. The van der Waals surface area contributed by atoms with Gasteiger partial charge in [-0.05, 0) is 70.6 Å². The maximum absolute atomic E-state index is 12.9. The Balaban J connectivity index is 2.53. The van der Waals surface area contributed by atoms with E-state index in [1.807, 2.05) is 43.4 Å². The third kappa shape index (κ3) is 33.8. The second-order valence-corrected chi connectivity index (χ2v) is 18.7. The Hall–Kier alpha value is -3.31. The lowest BCUT2D eigenvalue weighted by Crippen LogP contribution is -2.64. The van der Waals surface area contributed by atoms with Crippen molar-refractivity contribution >= 4 is 19.8 Å². The third-order valence-electron chi connectivity index (χ3n) is 11.1. The minimum Gasteiger partial charge on any atom is -0.462 e. The summed E-state index contributed by atoms with van der Waals surface area (Å²) in [6.45, 7) is 2.92. The Kier molecular flexibility index (Phi) is 38.2. The Bertz CT molecular complexity index is 1600. The molecule has 0 aromatic rings. The molecule has 15 nitrogen and oxygen atoms in total. The molecule has 8 N–H and O–H groups in total. The predicted molar refractivity (Wildman–Crippen MR) is 270 cm³/mol. The topological polar surface area (TPSA) is 250 Å². The first-order valence-corrected chi connectivity index (χ1v) is 26.8. The van der Waals surface area contributed by atoms with Gasteiger partial charge in [-0.1, -0.05) is 169 Å².